The summed E-state index contributed by atoms with van der Waals surface area (Å²) in [5.74, 6) is -0.239. The van der Waals surface area contributed by atoms with Gasteiger partial charge in [0.15, 0.2) is 0 Å². The molecule has 0 aliphatic heterocycles. The van der Waals surface area contributed by atoms with Crippen LogP contribution in [0.5, 0.6) is 0 Å². The lowest BCUT2D eigenvalue weighted by molar-refractivity contribution is 0.632. The third-order valence-electron chi connectivity index (χ3n) is 2.48. The van der Waals surface area contributed by atoms with Crippen LogP contribution >= 0.6 is 0 Å². The molecule has 0 aliphatic rings. The van der Waals surface area contributed by atoms with E-state index in [1.165, 1.54) is 6.07 Å². The van der Waals surface area contributed by atoms with Crippen molar-refractivity contribution in [2.75, 3.05) is 18.1 Å². The molecule has 0 fully saturated rings. The molecule has 3 N–H and O–H groups in total. The predicted molar refractivity (Wildman–Crippen MR) is 65.8 cm³/mol. The van der Waals surface area contributed by atoms with Gasteiger partial charge in [-0.3, -0.25) is 0 Å². The summed E-state index contributed by atoms with van der Waals surface area (Å²) in [4.78, 5) is 0. The van der Waals surface area contributed by atoms with Gasteiger partial charge >= 0.3 is 0 Å². The van der Waals surface area contributed by atoms with Crippen molar-refractivity contribution >= 4 is 11.4 Å². The first-order valence-corrected chi connectivity index (χ1v) is 5.04. The van der Waals surface area contributed by atoms with Gasteiger partial charge in [0.1, 0.15) is 5.82 Å². The van der Waals surface area contributed by atoms with E-state index in [1.807, 2.05) is 18.2 Å². The van der Waals surface area contributed by atoms with Gasteiger partial charge < -0.3 is 11.1 Å². The number of nitrogen functional groups attached to an aromatic ring is 1. The zero-order chi connectivity index (χ0) is 11.5. The lowest BCUT2D eigenvalue weighted by Gasteiger charge is -2.06. The van der Waals surface area contributed by atoms with Crippen LogP contribution < -0.4 is 11.1 Å². The largest absolute Gasteiger partial charge is 0.399 e. The van der Waals surface area contributed by atoms with Crippen LogP contribution in [0.3, 0.4) is 0 Å². The Labute approximate surface area is 93.9 Å². The van der Waals surface area contributed by atoms with Crippen LogP contribution in [-0.2, 0) is 0 Å². The number of rotatable bonds is 2. The zero-order valence-electron chi connectivity index (χ0n) is 9.00. The average molecular weight is 216 g/mol. The standard InChI is InChI=1S/C13H13FN2/c1-16-11-6-7-12(13(14)8-11)9-2-4-10(15)5-3-9/h2-8,16H,15H2,1H3. The van der Waals surface area contributed by atoms with Gasteiger partial charge in [0, 0.05) is 24.0 Å². The number of nitrogens with one attached hydrogen (secondary N) is 1. The molecule has 0 radical (unpaired) electrons. The van der Waals surface area contributed by atoms with Gasteiger partial charge in [-0.2, -0.15) is 0 Å². The van der Waals surface area contributed by atoms with Gasteiger partial charge in [-0.15, -0.1) is 0 Å². The number of hydrogen-bond donors (Lipinski definition) is 2. The van der Waals surface area contributed by atoms with Crippen LogP contribution in [0.4, 0.5) is 15.8 Å². The van der Waals surface area contributed by atoms with E-state index in [0.717, 1.165) is 11.3 Å². The van der Waals surface area contributed by atoms with Gasteiger partial charge in [0.2, 0.25) is 0 Å². The highest BCUT2D eigenvalue weighted by molar-refractivity contribution is 5.68. The van der Waals surface area contributed by atoms with Gasteiger partial charge in [-0.1, -0.05) is 12.1 Å². The van der Waals surface area contributed by atoms with Crippen LogP contribution in [-0.4, -0.2) is 7.05 Å². The summed E-state index contributed by atoms with van der Waals surface area (Å²) in [6.07, 6.45) is 0. The van der Waals surface area contributed by atoms with Gasteiger partial charge in [-0.05, 0) is 35.9 Å². The molecule has 2 rings (SSSR count). The van der Waals surface area contributed by atoms with Gasteiger partial charge in [0.25, 0.3) is 0 Å². The highest BCUT2D eigenvalue weighted by Gasteiger charge is 2.05. The molecule has 2 aromatic rings. The minimum absolute atomic E-state index is 0.239. The van der Waals surface area contributed by atoms with Crippen molar-refractivity contribution < 1.29 is 4.39 Å². The number of benzene rings is 2. The van der Waals surface area contributed by atoms with E-state index < -0.39 is 0 Å². The number of anilines is 2. The van der Waals surface area contributed by atoms with Crippen molar-refractivity contribution in [1.29, 1.82) is 0 Å². The molecule has 0 bridgehead atoms. The Balaban J connectivity index is 2.44. The first kappa shape index (κ1) is 10.5. The summed E-state index contributed by atoms with van der Waals surface area (Å²) in [7, 11) is 1.76. The molecule has 0 aliphatic carbocycles. The molecule has 0 saturated heterocycles. The molecule has 2 nitrogen and oxygen atoms in total. The van der Waals surface area contributed by atoms with Crippen molar-refractivity contribution in [3.63, 3.8) is 0 Å². The summed E-state index contributed by atoms with van der Waals surface area (Å²) in [6, 6.07) is 12.2. The van der Waals surface area contributed by atoms with E-state index >= 15 is 0 Å². The summed E-state index contributed by atoms with van der Waals surface area (Å²) < 4.78 is 13.8. The number of nitrogens with two attached hydrogens (primary N) is 1. The highest BCUT2D eigenvalue weighted by Crippen LogP contribution is 2.25. The molecule has 0 atom stereocenters. The molecule has 0 saturated carbocycles. The molecule has 82 valence electrons. The molecule has 0 spiro atoms. The van der Waals surface area contributed by atoms with Crippen LogP contribution in [0, 0.1) is 5.82 Å². The molecule has 16 heavy (non-hydrogen) atoms. The van der Waals surface area contributed by atoms with Gasteiger partial charge in [0.05, 0.1) is 0 Å². The topological polar surface area (TPSA) is 38.0 Å². The van der Waals surface area contributed by atoms with E-state index in [2.05, 4.69) is 5.32 Å². The van der Waals surface area contributed by atoms with Crippen molar-refractivity contribution in [2.24, 2.45) is 0 Å². The van der Waals surface area contributed by atoms with E-state index in [-0.39, 0.29) is 5.82 Å². The molecule has 0 amide bonds. The van der Waals surface area contributed by atoms with Gasteiger partial charge in [-0.25, -0.2) is 4.39 Å². The maximum atomic E-state index is 13.8. The normalized spacial score (nSPS) is 10.1. The monoisotopic (exact) mass is 216 g/mol. The molecular formula is C13H13FN2. The summed E-state index contributed by atoms with van der Waals surface area (Å²) in [5, 5.41) is 2.90. The van der Waals surface area contributed by atoms with E-state index in [9.17, 15) is 4.39 Å². The predicted octanol–water partition coefficient (Wildman–Crippen LogP) is 3.12. The van der Waals surface area contributed by atoms with Crippen LogP contribution in [0.15, 0.2) is 42.5 Å². The molecule has 0 aromatic heterocycles. The minimum atomic E-state index is -0.239. The first-order chi connectivity index (χ1) is 7.70. The average Bonchev–Trinajstić information content (AvgIpc) is 2.30. The van der Waals surface area contributed by atoms with Crippen molar-refractivity contribution in [2.45, 2.75) is 0 Å². The van der Waals surface area contributed by atoms with Crippen molar-refractivity contribution in [3.05, 3.63) is 48.3 Å². The summed E-state index contributed by atoms with van der Waals surface area (Å²) >= 11 is 0. The van der Waals surface area contributed by atoms with Crippen molar-refractivity contribution in [1.82, 2.24) is 0 Å². The van der Waals surface area contributed by atoms with Crippen LogP contribution in [0.1, 0.15) is 0 Å². The zero-order valence-corrected chi connectivity index (χ0v) is 9.00. The van der Waals surface area contributed by atoms with Crippen molar-refractivity contribution in [3.8, 4) is 11.1 Å². The maximum absolute atomic E-state index is 13.8. The lowest BCUT2D eigenvalue weighted by Crippen LogP contribution is -1.91. The molecule has 2 aromatic carbocycles. The molecule has 3 heteroatoms. The number of halogens is 1. The Bertz CT molecular complexity index is 492. The number of hydrogen-bond acceptors (Lipinski definition) is 2. The quantitative estimate of drug-likeness (QED) is 0.757. The van der Waals surface area contributed by atoms with E-state index in [0.29, 0.717) is 11.3 Å². The second-order valence-electron chi connectivity index (χ2n) is 3.57. The Morgan fingerprint density at radius 3 is 2.31 bits per heavy atom. The Morgan fingerprint density at radius 2 is 1.75 bits per heavy atom. The van der Waals surface area contributed by atoms with Crippen LogP contribution in [0.25, 0.3) is 11.1 Å². The van der Waals surface area contributed by atoms with Crippen LogP contribution in [0.2, 0.25) is 0 Å². The highest BCUT2D eigenvalue weighted by atomic mass is 19.1. The fraction of sp³-hybridized carbons (Fsp3) is 0.0769. The molecule has 0 heterocycles. The lowest BCUT2D eigenvalue weighted by atomic mass is 10.0. The Morgan fingerprint density at radius 1 is 1.06 bits per heavy atom. The van der Waals surface area contributed by atoms with E-state index in [4.69, 9.17) is 5.73 Å². The smallest absolute Gasteiger partial charge is 0.133 e. The minimum Gasteiger partial charge on any atom is -0.399 e. The third kappa shape index (κ3) is 1.98. The molecular weight excluding hydrogens is 203 g/mol. The Kier molecular flexibility index (Phi) is 2.77. The molecule has 0 unspecified atom stereocenters. The fourth-order valence-corrected chi connectivity index (χ4v) is 1.57. The fourth-order valence-electron chi connectivity index (χ4n) is 1.57. The SMILES string of the molecule is CNc1ccc(-c2ccc(N)cc2)c(F)c1. The summed E-state index contributed by atoms with van der Waals surface area (Å²) in [5.41, 5.74) is 8.43. The van der Waals surface area contributed by atoms with E-state index in [1.54, 1.807) is 25.2 Å². The summed E-state index contributed by atoms with van der Waals surface area (Å²) in [6.45, 7) is 0. The second kappa shape index (κ2) is 4.23. The third-order valence-corrected chi connectivity index (χ3v) is 2.48. The maximum Gasteiger partial charge on any atom is 0.133 e. The second-order valence-corrected chi connectivity index (χ2v) is 3.57. The Hall–Kier alpha value is -2.03. The first-order valence-electron chi connectivity index (χ1n) is 5.04.